The number of carboxylic acids is 4. The van der Waals surface area contributed by atoms with Gasteiger partial charge in [0.2, 0.25) is 0 Å². The van der Waals surface area contributed by atoms with E-state index in [1.165, 1.54) is 64.2 Å². The predicted molar refractivity (Wildman–Crippen MR) is 142 cm³/mol. The van der Waals surface area contributed by atoms with Crippen LogP contribution < -0.4 is 20.4 Å². The summed E-state index contributed by atoms with van der Waals surface area (Å²) in [5.74, 6) is -9.03. The van der Waals surface area contributed by atoms with Crippen LogP contribution in [0, 0.1) is 11.8 Å². The van der Waals surface area contributed by atoms with Gasteiger partial charge >= 0.3 is 75.5 Å². The molecule has 0 N–H and O–H groups in total. The Morgan fingerprint density at radius 3 is 0.763 bits per heavy atom. The molecule has 0 fully saturated rings. The van der Waals surface area contributed by atoms with Crippen molar-refractivity contribution in [2.24, 2.45) is 11.8 Å². The molecule has 0 bridgehead atoms. The standard InChI is InChI=1S/2C14H26O4.2Ca/c2*1-2-3-4-5-6-7-8-9-10-11-12(13(15)16)14(17)18;;/h2*12H,2-11H2,1H3,(H,15,16)(H,17,18);;/q;;2*+2/p-4. The normalized spacial score (nSPS) is 10.2. The quantitative estimate of drug-likeness (QED) is 0.0920. The molecule has 0 heterocycles. The fraction of sp³-hybridized carbons (Fsp3) is 0.857. The summed E-state index contributed by atoms with van der Waals surface area (Å²) in [6, 6.07) is 0. The zero-order valence-electron chi connectivity index (χ0n) is 24.0. The van der Waals surface area contributed by atoms with Crippen molar-refractivity contribution in [2.75, 3.05) is 0 Å². The molecule has 212 valence electrons. The maximum atomic E-state index is 10.5. The summed E-state index contributed by atoms with van der Waals surface area (Å²) in [5.41, 5.74) is 0. The number of unbranched alkanes of at least 4 members (excludes halogenated alkanes) is 16. The first-order valence-electron chi connectivity index (χ1n) is 14.0. The first kappa shape index (κ1) is 45.4. The second-order valence-electron chi connectivity index (χ2n) is 9.62. The Kier molecular flexibility index (Phi) is 40.1. The van der Waals surface area contributed by atoms with Gasteiger partial charge in [-0.25, -0.2) is 0 Å². The summed E-state index contributed by atoms with van der Waals surface area (Å²) in [6.45, 7) is 4.37. The van der Waals surface area contributed by atoms with Crippen LogP contribution in [-0.2, 0) is 19.2 Å². The van der Waals surface area contributed by atoms with Crippen molar-refractivity contribution in [3.63, 3.8) is 0 Å². The van der Waals surface area contributed by atoms with Gasteiger partial charge in [-0.05, 0) is 12.8 Å². The van der Waals surface area contributed by atoms with E-state index >= 15 is 0 Å². The van der Waals surface area contributed by atoms with Crippen LogP contribution in [0.5, 0.6) is 0 Å². The number of hydrogen-bond donors (Lipinski definition) is 0. The zero-order chi connectivity index (χ0) is 27.6. The van der Waals surface area contributed by atoms with Crippen molar-refractivity contribution in [2.45, 2.75) is 142 Å². The van der Waals surface area contributed by atoms with Gasteiger partial charge in [0.25, 0.3) is 0 Å². The van der Waals surface area contributed by atoms with Gasteiger partial charge in [-0.15, -0.1) is 0 Å². The monoisotopic (exact) mass is 592 g/mol. The fourth-order valence-corrected chi connectivity index (χ4v) is 3.98. The molecule has 38 heavy (non-hydrogen) atoms. The molecule has 0 aliphatic rings. The number of rotatable bonds is 24. The van der Waals surface area contributed by atoms with Crippen LogP contribution in [0.2, 0.25) is 0 Å². The largest absolute Gasteiger partial charge is 2.00 e. The van der Waals surface area contributed by atoms with Gasteiger partial charge in [0.15, 0.2) is 0 Å². The molecule has 0 atom stereocenters. The first-order chi connectivity index (χ1) is 17.2. The number of carbonyl (C=O) groups excluding carboxylic acids is 4. The van der Waals surface area contributed by atoms with E-state index in [0.29, 0.717) is 12.8 Å². The van der Waals surface area contributed by atoms with E-state index in [1.54, 1.807) is 0 Å². The molecule has 0 saturated carbocycles. The Labute approximate surface area is 290 Å². The molecule has 0 aromatic carbocycles. The van der Waals surface area contributed by atoms with Gasteiger partial charge < -0.3 is 39.6 Å². The van der Waals surface area contributed by atoms with Crippen LogP contribution in [0.3, 0.4) is 0 Å². The average Bonchev–Trinajstić information content (AvgIpc) is 2.81. The minimum Gasteiger partial charge on any atom is -0.549 e. The molecule has 10 heteroatoms. The molecule has 0 rings (SSSR count). The average molecular weight is 593 g/mol. The van der Waals surface area contributed by atoms with Crippen molar-refractivity contribution >= 4 is 99.4 Å². The molecule has 0 spiro atoms. The predicted octanol–water partition coefficient (Wildman–Crippen LogP) is 1.29. The molecule has 0 radical (unpaired) electrons. The Bertz CT molecular complexity index is 509. The summed E-state index contributed by atoms with van der Waals surface area (Å²) in [5, 5.41) is 41.9. The number of carboxylic acid groups (broad SMARTS) is 4. The van der Waals surface area contributed by atoms with Crippen molar-refractivity contribution < 1.29 is 39.6 Å². The van der Waals surface area contributed by atoms with Crippen molar-refractivity contribution in [3.8, 4) is 0 Å². The fourth-order valence-electron chi connectivity index (χ4n) is 3.98. The van der Waals surface area contributed by atoms with Crippen molar-refractivity contribution in [1.82, 2.24) is 0 Å². The van der Waals surface area contributed by atoms with E-state index in [-0.39, 0.29) is 88.3 Å². The molecule has 0 aliphatic carbocycles. The number of carbonyl (C=O) groups is 4. The Balaban J connectivity index is -0.000000289. The second-order valence-corrected chi connectivity index (χ2v) is 9.62. The summed E-state index contributed by atoms with van der Waals surface area (Å²) in [7, 11) is 0. The molecule has 0 saturated heterocycles. The van der Waals surface area contributed by atoms with Gasteiger partial charge in [0.05, 0.1) is 23.9 Å². The topological polar surface area (TPSA) is 161 Å². The molecule has 0 aromatic rings. The van der Waals surface area contributed by atoms with Crippen LogP contribution in [0.15, 0.2) is 0 Å². The van der Waals surface area contributed by atoms with Gasteiger partial charge in [0, 0.05) is 11.8 Å². The summed E-state index contributed by atoms with van der Waals surface area (Å²) in [6.07, 6.45) is 20.2. The van der Waals surface area contributed by atoms with Crippen LogP contribution in [0.4, 0.5) is 0 Å². The first-order valence-corrected chi connectivity index (χ1v) is 14.0. The van der Waals surface area contributed by atoms with Gasteiger partial charge in [-0.1, -0.05) is 129 Å². The third kappa shape index (κ3) is 30.9. The Hall–Kier alpha value is 0.399. The second kappa shape index (κ2) is 33.6. The molecule has 8 nitrogen and oxygen atoms in total. The summed E-state index contributed by atoms with van der Waals surface area (Å²) < 4.78 is 0. The van der Waals surface area contributed by atoms with Crippen LogP contribution in [0.1, 0.15) is 142 Å². The third-order valence-electron chi connectivity index (χ3n) is 6.33. The third-order valence-corrected chi connectivity index (χ3v) is 6.33. The number of aliphatic carboxylic acids is 4. The maximum absolute atomic E-state index is 10.5. The van der Waals surface area contributed by atoms with Gasteiger partial charge in [0.1, 0.15) is 0 Å². The molecular weight excluding hydrogens is 544 g/mol. The van der Waals surface area contributed by atoms with Crippen LogP contribution in [-0.4, -0.2) is 99.4 Å². The molecular formula is C28H48Ca2O8. The van der Waals surface area contributed by atoms with E-state index in [1.807, 2.05) is 0 Å². The van der Waals surface area contributed by atoms with E-state index < -0.39 is 35.7 Å². The summed E-state index contributed by atoms with van der Waals surface area (Å²) >= 11 is 0. The van der Waals surface area contributed by atoms with Crippen molar-refractivity contribution in [3.05, 3.63) is 0 Å². The minimum atomic E-state index is -1.53. The van der Waals surface area contributed by atoms with E-state index in [4.69, 9.17) is 0 Å². The Morgan fingerprint density at radius 2 is 0.579 bits per heavy atom. The molecule has 0 aromatic heterocycles. The molecule has 0 amide bonds. The SMILES string of the molecule is CCCCCCCCCCCC(C(=O)[O-])C(=O)[O-].CCCCCCCCCCCC(C(=O)[O-])C(=O)[O-].[Ca+2].[Ca+2]. The van der Waals surface area contributed by atoms with E-state index in [0.717, 1.165) is 38.5 Å². The van der Waals surface area contributed by atoms with Gasteiger partial charge in [-0.3, -0.25) is 0 Å². The molecule has 0 aliphatic heterocycles. The van der Waals surface area contributed by atoms with Gasteiger partial charge in [-0.2, -0.15) is 0 Å². The smallest absolute Gasteiger partial charge is 0.549 e. The van der Waals surface area contributed by atoms with E-state index in [2.05, 4.69) is 13.8 Å². The number of hydrogen-bond acceptors (Lipinski definition) is 8. The van der Waals surface area contributed by atoms with Crippen LogP contribution >= 0.6 is 0 Å². The maximum Gasteiger partial charge on any atom is 2.00 e. The van der Waals surface area contributed by atoms with Crippen LogP contribution in [0.25, 0.3) is 0 Å². The zero-order valence-corrected chi connectivity index (χ0v) is 28.4. The van der Waals surface area contributed by atoms with Crippen molar-refractivity contribution in [1.29, 1.82) is 0 Å². The molecule has 0 unspecified atom stereocenters. The summed E-state index contributed by atoms with van der Waals surface area (Å²) in [4.78, 5) is 41.9. The minimum absolute atomic E-state index is 0. The van der Waals surface area contributed by atoms with E-state index in [9.17, 15) is 39.6 Å². The Morgan fingerprint density at radius 1 is 0.395 bits per heavy atom.